The molecule has 1 unspecified atom stereocenters. The smallest absolute Gasteiger partial charge is 0.262 e. The summed E-state index contributed by atoms with van der Waals surface area (Å²) in [6, 6.07) is 6.70. The number of likely N-dealkylation sites (N-methyl/N-ethyl adjacent to an activating group) is 1. The first-order valence-corrected chi connectivity index (χ1v) is 9.20. The molecule has 11 nitrogen and oxygen atoms in total. The second-order valence-electron chi connectivity index (χ2n) is 6.92. The average Bonchev–Trinajstić information content (AvgIpc) is 2.67. The molecule has 0 amide bonds. The van der Waals surface area contributed by atoms with Gasteiger partial charge in [0.15, 0.2) is 5.82 Å². The van der Waals surface area contributed by atoms with Crippen molar-refractivity contribution in [1.29, 1.82) is 5.26 Å². The number of aromatic nitrogens is 4. The molecule has 2 aromatic heterocycles. The number of nitrogens with two attached hydrogens (primary N) is 2. The summed E-state index contributed by atoms with van der Waals surface area (Å²) in [6.07, 6.45) is 0. The Kier molecular flexibility index (Phi) is 5.98. The van der Waals surface area contributed by atoms with Crippen LogP contribution in [0.2, 0.25) is 0 Å². The fourth-order valence-electron chi connectivity index (χ4n) is 2.83. The monoisotopic (exact) mass is 409 g/mol. The van der Waals surface area contributed by atoms with Gasteiger partial charge in [0.25, 0.3) is 5.56 Å². The van der Waals surface area contributed by atoms with E-state index in [0.29, 0.717) is 35.6 Å². The van der Waals surface area contributed by atoms with Crippen molar-refractivity contribution in [2.45, 2.75) is 13.0 Å². The van der Waals surface area contributed by atoms with Crippen molar-refractivity contribution in [3.05, 3.63) is 39.9 Å². The van der Waals surface area contributed by atoms with Gasteiger partial charge in [0.2, 0.25) is 5.95 Å². The molecule has 0 saturated carbocycles. The topological polar surface area (TPSA) is 172 Å². The highest BCUT2D eigenvalue weighted by molar-refractivity contribution is 5.84. The van der Waals surface area contributed by atoms with Crippen LogP contribution in [0.15, 0.2) is 23.0 Å². The molecule has 1 aromatic carbocycles. The summed E-state index contributed by atoms with van der Waals surface area (Å²) in [5.41, 5.74) is 11.6. The Labute approximate surface area is 172 Å². The molecule has 0 bridgehead atoms. The van der Waals surface area contributed by atoms with Crippen LogP contribution in [-0.2, 0) is 0 Å². The highest BCUT2D eigenvalue weighted by Crippen LogP contribution is 2.25. The van der Waals surface area contributed by atoms with E-state index >= 15 is 0 Å². The highest BCUT2D eigenvalue weighted by atomic mass is 16.5. The Balaban J connectivity index is 1.93. The molecule has 0 aliphatic heterocycles. The molecule has 3 aromatic rings. The van der Waals surface area contributed by atoms with Crippen molar-refractivity contribution >= 4 is 28.5 Å². The molecule has 2 heterocycles. The van der Waals surface area contributed by atoms with Crippen molar-refractivity contribution in [3.8, 4) is 11.8 Å². The van der Waals surface area contributed by atoms with E-state index in [2.05, 4.69) is 25.3 Å². The molecule has 30 heavy (non-hydrogen) atoms. The van der Waals surface area contributed by atoms with E-state index in [1.165, 1.54) is 0 Å². The second-order valence-corrected chi connectivity index (χ2v) is 6.92. The third-order valence-electron chi connectivity index (χ3n) is 4.34. The Bertz CT molecular complexity index is 1170. The summed E-state index contributed by atoms with van der Waals surface area (Å²) in [5.74, 6) is 0.898. The molecule has 0 spiro atoms. The first-order chi connectivity index (χ1) is 14.3. The minimum Gasteiger partial charge on any atom is -0.491 e. The molecular weight excluding hydrogens is 386 g/mol. The number of aromatic amines is 1. The number of rotatable bonds is 7. The SMILES string of the molecule is CC(Nc1nc(N)nc(N)c1C#N)c1nc2cccc(OCCN(C)C)c2c(=O)[nH]1. The van der Waals surface area contributed by atoms with Crippen molar-refractivity contribution < 1.29 is 4.74 Å². The number of ether oxygens (including phenoxy) is 1. The molecule has 0 aliphatic rings. The molecule has 0 radical (unpaired) electrons. The van der Waals surface area contributed by atoms with Gasteiger partial charge in [-0.25, -0.2) is 4.98 Å². The fourth-order valence-corrected chi connectivity index (χ4v) is 2.83. The van der Waals surface area contributed by atoms with E-state index in [0.717, 1.165) is 0 Å². The van der Waals surface area contributed by atoms with Crippen molar-refractivity contribution in [3.63, 3.8) is 0 Å². The molecule has 1 atom stereocenters. The van der Waals surface area contributed by atoms with Crippen LogP contribution in [0.3, 0.4) is 0 Å². The summed E-state index contributed by atoms with van der Waals surface area (Å²) in [7, 11) is 3.89. The highest BCUT2D eigenvalue weighted by Gasteiger charge is 2.17. The van der Waals surface area contributed by atoms with Crippen molar-refractivity contribution in [2.75, 3.05) is 44.0 Å². The van der Waals surface area contributed by atoms with Gasteiger partial charge in [-0.15, -0.1) is 0 Å². The molecular formula is C19H23N9O2. The maximum absolute atomic E-state index is 12.8. The number of nitrogen functional groups attached to an aromatic ring is 2. The maximum Gasteiger partial charge on any atom is 0.262 e. The molecule has 0 fully saturated rings. The summed E-state index contributed by atoms with van der Waals surface area (Å²) in [4.78, 5) is 29.9. The molecule has 11 heteroatoms. The zero-order valence-electron chi connectivity index (χ0n) is 16.9. The first kappa shape index (κ1) is 20.8. The third kappa shape index (κ3) is 4.39. The number of nitrogens with one attached hydrogen (secondary N) is 2. The van der Waals surface area contributed by atoms with Gasteiger partial charge >= 0.3 is 0 Å². The second kappa shape index (κ2) is 8.62. The van der Waals surface area contributed by atoms with Crippen LogP contribution in [0.4, 0.5) is 17.6 Å². The van der Waals surface area contributed by atoms with Gasteiger partial charge in [0.1, 0.15) is 41.0 Å². The number of benzene rings is 1. The number of hydrogen-bond acceptors (Lipinski definition) is 10. The van der Waals surface area contributed by atoms with Crippen LogP contribution in [0.25, 0.3) is 10.9 Å². The standard InChI is InChI=1S/C19H23N9O2/c1-10(23-17-11(9-20)15(21)25-19(22)27-17)16-24-12-5-4-6-13(14(12)18(29)26-16)30-8-7-28(2)3/h4-6,10H,7-8H2,1-3H3,(H,24,26,29)(H5,21,22,23,25,27). The quantitative estimate of drug-likeness (QED) is 0.438. The van der Waals surface area contributed by atoms with Gasteiger partial charge in [-0.05, 0) is 33.2 Å². The lowest BCUT2D eigenvalue weighted by Gasteiger charge is -2.16. The number of nitrogens with zero attached hydrogens (tertiary/aromatic N) is 5. The van der Waals surface area contributed by atoms with Crippen LogP contribution in [0.5, 0.6) is 5.75 Å². The van der Waals surface area contributed by atoms with Crippen LogP contribution < -0.4 is 27.1 Å². The molecule has 0 saturated heterocycles. The van der Waals surface area contributed by atoms with E-state index in [1.54, 1.807) is 25.1 Å². The third-order valence-corrected chi connectivity index (χ3v) is 4.34. The Morgan fingerprint density at radius 3 is 2.77 bits per heavy atom. The molecule has 156 valence electrons. The predicted molar refractivity (Wildman–Crippen MR) is 114 cm³/mol. The van der Waals surface area contributed by atoms with E-state index in [4.69, 9.17) is 16.2 Å². The zero-order chi connectivity index (χ0) is 21.8. The Hall–Kier alpha value is -3.91. The first-order valence-electron chi connectivity index (χ1n) is 9.20. The molecule has 6 N–H and O–H groups in total. The lowest BCUT2D eigenvalue weighted by atomic mass is 10.2. The van der Waals surface area contributed by atoms with Gasteiger partial charge in [-0.2, -0.15) is 15.2 Å². The number of H-pyrrole nitrogens is 1. The van der Waals surface area contributed by atoms with Gasteiger partial charge in [-0.1, -0.05) is 6.07 Å². The van der Waals surface area contributed by atoms with Crippen molar-refractivity contribution in [1.82, 2.24) is 24.8 Å². The number of hydrogen-bond donors (Lipinski definition) is 4. The van der Waals surface area contributed by atoms with Crippen LogP contribution in [-0.4, -0.2) is 52.1 Å². The summed E-state index contributed by atoms with van der Waals surface area (Å²) < 4.78 is 5.77. The number of fused-ring (bicyclic) bond motifs is 1. The normalized spacial score (nSPS) is 12.0. The summed E-state index contributed by atoms with van der Waals surface area (Å²) >= 11 is 0. The Morgan fingerprint density at radius 1 is 1.30 bits per heavy atom. The van der Waals surface area contributed by atoms with Gasteiger partial charge in [-0.3, -0.25) is 4.79 Å². The molecule has 3 rings (SSSR count). The predicted octanol–water partition coefficient (Wildman–Crippen LogP) is 0.863. The van der Waals surface area contributed by atoms with Gasteiger partial charge in [0, 0.05) is 6.54 Å². The van der Waals surface area contributed by atoms with Crippen LogP contribution >= 0.6 is 0 Å². The van der Waals surface area contributed by atoms with Crippen molar-refractivity contribution in [2.24, 2.45) is 0 Å². The van der Waals surface area contributed by atoms with E-state index in [1.807, 2.05) is 25.1 Å². The summed E-state index contributed by atoms with van der Waals surface area (Å²) in [5, 5.41) is 12.7. The minimum atomic E-state index is -0.499. The lowest BCUT2D eigenvalue weighted by molar-refractivity contribution is 0.263. The number of anilines is 3. The average molecular weight is 409 g/mol. The lowest BCUT2D eigenvalue weighted by Crippen LogP contribution is -2.21. The fraction of sp³-hybridized carbons (Fsp3) is 0.316. The van der Waals surface area contributed by atoms with Gasteiger partial charge < -0.3 is 31.4 Å². The zero-order valence-corrected chi connectivity index (χ0v) is 16.9. The minimum absolute atomic E-state index is 0.0285. The van der Waals surface area contributed by atoms with Crippen LogP contribution in [0, 0.1) is 11.3 Å². The number of nitriles is 1. The summed E-state index contributed by atoms with van der Waals surface area (Å²) in [6.45, 7) is 2.92. The van der Waals surface area contributed by atoms with E-state index in [9.17, 15) is 10.1 Å². The van der Waals surface area contributed by atoms with Gasteiger partial charge in [0.05, 0.1) is 11.6 Å². The molecule has 0 aliphatic carbocycles. The van der Waals surface area contributed by atoms with Crippen LogP contribution in [0.1, 0.15) is 24.4 Å². The van der Waals surface area contributed by atoms with E-state index in [-0.39, 0.29) is 28.7 Å². The Morgan fingerprint density at radius 2 is 2.07 bits per heavy atom. The maximum atomic E-state index is 12.8. The largest absolute Gasteiger partial charge is 0.491 e. The van der Waals surface area contributed by atoms with E-state index < -0.39 is 6.04 Å².